The largest absolute Gasteiger partial charge is 0.384 e. The third-order valence-electron chi connectivity index (χ3n) is 2.02. The van der Waals surface area contributed by atoms with Crippen LogP contribution in [0.1, 0.15) is 12.0 Å². The van der Waals surface area contributed by atoms with E-state index in [9.17, 15) is 14.9 Å². The number of nitrogens with zero attached hydrogens (tertiary/aromatic N) is 2. The summed E-state index contributed by atoms with van der Waals surface area (Å²) in [5.74, 6) is -0.458. The van der Waals surface area contributed by atoms with Crippen molar-refractivity contribution in [3.63, 3.8) is 0 Å². The van der Waals surface area contributed by atoms with E-state index in [0.29, 0.717) is 12.2 Å². The van der Waals surface area contributed by atoms with Crippen LogP contribution in [0.4, 0.5) is 11.4 Å². The maximum Gasteiger partial charge on any atom is 0.289 e. The highest BCUT2D eigenvalue weighted by Gasteiger charge is 2.13. The second kappa shape index (κ2) is 5.46. The first kappa shape index (κ1) is 12.4. The van der Waals surface area contributed by atoms with Crippen molar-refractivity contribution in [3.05, 3.63) is 33.9 Å². The fourth-order valence-electron chi connectivity index (χ4n) is 1.22. The number of carbonyl (C=O) groups is 1. The van der Waals surface area contributed by atoms with Crippen molar-refractivity contribution in [1.82, 2.24) is 0 Å². The number of amides is 1. The van der Waals surface area contributed by atoms with E-state index in [4.69, 9.17) is 11.0 Å². The van der Waals surface area contributed by atoms with Gasteiger partial charge in [0, 0.05) is 24.7 Å². The molecule has 7 nitrogen and oxygen atoms in total. The van der Waals surface area contributed by atoms with Crippen LogP contribution in [0.15, 0.2) is 18.2 Å². The number of nitrogens with two attached hydrogens (primary N) is 1. The molecule has 0 radical (unpaired) electrons. The molecule has 3 N–H and O–H groups in total. The molecule has 0 saturated heterocycles. The van der Waals surface area contributed by atoms with Crippen molar-refractivity contribution < 1.29 is 9.72 Å². The Bertz CT molecular complexity index is 493. The van der Waals surface area contributed by atoms with Gasteiger partial charge in [-0.3, -0.25) is 14.9 Å². The maximum atomic E-state index is 10.7. The summed E-state index contributed by atoms with van der Waals surface area (Å²) in [6.07, 6.45) is 0.133. The van der Waals surface area contributed by atoms with Gasteiger partial charge in [0.15, 0.2) is 0 Å². The molecule has 88 valence electrons. The van der Waals surface area contributed by atoms with E-state index in [1.807, 2.05) is 0 Å². The minimum Gasteiger partial charge on any atom is -0.384 e. The molecule has 0 unspecified atom stereocenters. The third kappa shape index (κ3) is 3.46. The summed E-state index contributed by atoms with van der Waals surface area (Å²) in [6, 6.07) is 5.87. The number of primary amides is 1. The summed E-state index contributed by atoms with van der Waals surface area (Å²) >= 11 is 0. The number of anilines is 1. The SMILES string of the molecule is N#Cc1ccc(NCCC(N)=O)cc1[N+](=O)[O-]. The van der Waals surface area contributed by atoms with Gasteiger partial charge in [-0.25, -0.2) is 0 Å². The number of carbonyl (C=O) groups excluding carboxylic acids is 1. The predicted octanol–water partition coefficient (Wildman–Crippen LogP) is 0.754. The standard InChI is InChI=1S/C10H10N4O3/c11-6-7-1-2-8(5-9(7)14(16)17)13-4-3-10(12)15/h1-2,5,13H,3-4H2,(H2,12,15). The molecule has 0 aromatic heterocycles. The Hall–Kier alpha value is -2.62. The summed E-state index contributed by atoms with van der Waals surface area (Å²) in [5.41, 5.74) is 5.15. The molecule has 0 aliphatic heterocycles. The predicted molar refractivity (Wildman–Crippen MR) is 60.1 cm³/mol. The zero-order chi connectivity index (χ0) is 12.8. The van der Waals surface area contributed by atoms with E-state index >= 15 is 0 Å². The fourth-order valence-corrected chi connectivity index (χ4v) is 1.22. The zero-order valence-corrected chi connectivity index (χ0v) is 8.84. The Kier molecular flexibility index (Phi) is 4.00. The first-order valence-electron chi connectivity index (χ1n) is 4.75. The molecule has 0 aliphatic rings. The minimum absolute atomic E-state index is 0.00421. The molecule has 0 atom stereocenters. The maximum absolute atomic E-state index is 10.7. The van der Waals surface area contributed by atoms with Crippen molar-refractivity contribution in [2.75, 3.05) is 11.9 Å². The molecule has 1 aromatic rings. The van der Waals surface area contributed by atoms with Crippen LogP contribution in [0, 0.1) is 21.4 Å². The second-order valence-electron chi connectivity index (χ2n) is 3.24. The van der Waals surface area contributed by atoms with Crippen LogP contribution in [-0.2, 0) is 4.79 Å². The lowest BCUT2D eigenvalue weighted by atomic mass is 10.2. The van der Waals surface area contributed by atoms with Crippen LogP contribution in [0.25, 0.3) is 0 Å². The van der Waals surface area contributed by atoms with Crippen LogP contribution in [0.3, 0.4) is 0 Å². The monoisotopic (exact) mass is 234 g/mol. The van der Waals surface area contributed by atoms with E-state index < -0.39 is 10.8 Å². The topological polar surface area (TPSA) is 122 Å². The van der Waals surface area contributed by atoms with Gasteiger partial charge in [0.25, 0.3) is 5.69 Å². The molecular formula is C10H10N4O3. The molecule has 0 fully saturated rings. The smallest absolute Gasteiger partial charge is 0.289 e. The summed E-state index contributed by atoms with van der Waals surface area (Å²) < 4.78 is 0. The van der Waals surface area contributed by atoms with Crippen molar-refractivity contribution >= 4 is 17.3 Å². The normalized spacial score (nSPS) is 9.35. The molecule has 1 rings (SSSR count). The number of nitrogens with one attached hydrogen (secondary N) is 1. The van der Waals surface area contributed by atoms with Gasteiger partial charge in [0.2, 0.25) is 5.91 Å². The first-order chi connectivity index (χ1) is 8.04. The van der Waals surface area contributed by atoms with Crippen LogP contribution in [-0.4, -0.2) is 17.4 Å². The van der Waals surface area contributed by atoms with Gasteiger partial charge >= 0.3 is 0 Å². The summed E-state index contributed by atoms with van der Waals surface area (Å²) in [5, 5.41) is 22.1. The fraction of sp³-hybridized carbons (Fsp3) is 0.200. The zero-order valence-electron chi connectivity index (χ0n) is 8.84. The Morgan fingerprint density at radius 2 is 2.29 bits per heavy atom. The molecule has 1 amide bonds. The lowest BCUT2D eigenvalue weighted by Crippen LogP contribution is -2.15. The Morgan fingerprint density at radius 1 is 1.59 bits per heavy atom. The van der Waals surface area contributed by atoms with Crippen molar-refractivity contribution in [1.29, 1.82) is 5.26 Å². The number of benzene rings is 1. The molecule has 0 spiro atoms. The van der Waals surface area contributed by atoms with Crippen LogP contribution >= 0.6 is 0 Å². The van der Waals surface area contributed by atoms with Crippen LogP contribution in [0.5, 0.6) is 0 Å². The Morgan fingerprint density at radius 3 is 2.82 bits per heavy atom. The number of nitro groups is 1. The summed E-state index contributed by atoms with van der Waals surface area (Å²) in [6.45, 7) is 0.290. The highest BCUT2D eigenvalue weighted by atomic mass is 16.6. The van der Waals surface area contributed by atoms with Gasteiger partial charge in [0.1, 0.15) is 11.6 Å². The van der Waals surface area contributed by atoms with Gasteiger partial charge in [-0.1, -0.05) is 0 Å². The highest BCUT2D eigenvalue weighted by molar-refractivity contribution is 5.74. The molecule has 0 saturated carbocycles. The number of nitro benzene ring substituents is 1. The molecule has 1 aromatic carbocycles. The van der Waals surface area contributed by atoms with Crippen LogP contribution < -0.4 is 11.1 Å². The van der Waals surface area contributed by atoms with Gasteiger partial charge in [-0.2, -0.15) is 5.26 Å². The number of hydrogen-bond acceptors (Lipinski definition) is 5. The number of rotatable bonds is 5. The van der Waals surface area contributed by atoms with Crippen molar-refractivity contribution in [2.24, 2.45) is 5.73 Å². The van der Waals surface area contributed by atoms with E-state index in [0.717, 1.165) is 0 Å². The lowest BCUT2D eigenvalue weighted by Gasteiger charge is -2.04. The van der Waals surface area contributed by atoms with Crippen molar-refractivity contribution in [2.45, 2.75) is 6.42 Å². The van der Waals surface area contributed by atoms with E-state index in [1.165, 1.54) is 18.2 Å². The average molecular weight is 234 g/mol. The molecular weight excluding hydrogens is 224 g/mol. The quantitative estimate of drug-likeness (QED) is 0.575. The average Bonchev–Trinajstić information content (AvgIpc) is 2.28. The summed E-state index contributed by atoms with van der Waals surface area (Å²) in [7, 11) is 0. The third-order valence-corrected chi connectivity index (χ3v) is 2.02. The van der Waals surface area contributed by atoms with Crippen LogP contribution in [0.2, 0.25) is 0 Å². The van der Waals surface area contributed by atoms with E-state index in [2.05, 4.69) is 5.32 Å². The number of nitriles is 1. The molecule has 7 heteroatoms. The molecule has 0 aliphatic carbocycles. The van der Waals surface area contributed by atoms with Gasteiger partial charge < -0.3 is 11.1 Å². The van der Waals surface area contributed by atoms with Gasteiger partial charge in [-0.05, 0) is 12.1 Å². The second-order valence-corrected chi connectivity index (χ2v) is 3.24. The molecule has 17 heavy (non-hydrogen) atoms. The Balaban J connectivity index is 2.82. The van der Waals surface area contributed by atoms with Gasteiger partial charge in [0.05, 0.1) is 4.92 Å². The van der Waals surface area contributed by atoms with Crippen molar-refractivity contribution in [3.8, 4) is 6.07 Å². The number of hydrogen-bond donors (Lipinski definition) is 2. The van der Waals surface area contributed by atoms with E-state index in [1.54, 1.807) is 6.07 Å². The summed E-state index contributed by atoms with van der Waals surface area (Å²) in [4.78, 5) is 20.5. The Labute approximate surface area is 97.0 Å². The molecule has 0 heterocycles. The minimum atomic E-state index is -0.627. The lowest BCUT2D eigenvalue weighted by molar-refractivity contribution is -0.385. The molecule has 0 bridgehead atoms. The first-order valence-corrected chi connectivity index (χ1v) is 4.75. The van der Waals surface area contributed by atoms with Gasteiger partial charge in [-0.15, -0.1) is 0 Å². The highest BCUT2D eigenvalue weighted by Crippen LogP contribution is 2.22. The van der Waals surface area contributed by atoms with E-state index in [-0.39, 0.29) is 17.7 Å².